The van der Waals surface area contributed by atoms with Crippen molar-refractivity contribution < 1.29 is 13.6 Å². The van der Waals surface area contributed by atoms with Crippen molar-refractivity contribution in [1.82, 2.24) is 0 Å². The van der Waals surface area contributed by atoms with Crippen molar-refractivity contribution in [2.45, 2.75) is 52.9 Å². The van der Waals surface area contributed by atoms with Crippen LogP contribution in [-0.2, 0) is 15.7 Å². The predicted molar refractivity (Wildman–Crippen MR) is 78.1 cm³/mol. The molecule has 2 rings (SSSR count). The van der Waals surface area contributed by atoms with Crippen LogP contribution in [0.1, 0.15) is 38.8 Å². The summed E-state index contributed by atoms with van der Waals surface area (Å²) in [6, 6.07) is 4.39. The summed E-state index contributed by atoms with van der Waals surface area (Å²) < 4.78 is 23.6. The van der Waals surface area contributed by atoms with Crippen LogP contribution in [0, 0.1) is 6.92 Å². The number of aryl methyl sites for hydroxylation is 1. The van der Waals surface area contributed by atoms with Gasteiger partial charge in [-0.05, 0) is 38.5 Å². The third-order valence-corrected chi connectivity index (χ3v) is 5.25. The molecule has 0 amide bonds. The van der Waals surface area contributed by atoms with Gasteiger partial charge in [0.25, 0.3) is 0 Å². The van der Waals surface area contributed by atoms with Gasteiger partial charge in [-0.2, -0.15) is 0 Å². The number of hydrogen-bond acceptors (Lipinski definition) is 4. The summed E-state index contributed by atoms with van der Waals surface area (Å²) in [6.07, 6.45) is 0. The Morgan fingerprint density at radius 3 is 2.53 bits per heavy atom. The standard InChI is InChI=1S/C14H22NO3P/c1-9(2)15-13-6-11(5)14-12(7-13)8-17-19(16,18-14)10(3)4/h6-7,9-10,15H,8H2,1-5H3. The summed E-state index contributed by atoms with van der Waals surface area (Å²) in [5.41, 5.74) is 2.85. The second-order valence-corrected chi connectivity index (χ2v) is 8.13. The molecule has 0 spiro atoms. The molecule has 0 radical (unpaired) electrons. The van der Waals surface area contributed by atoms with Gasteiger partial charge in [0.05, 0.1) is 12.3 Å². The topological polar surface area (TPSA) is 47.6 Å². The molecular formula is C14H22NO3P. The van der Waals surface area contributed by atoms with Crippen LogP contribution in [-0.4, -0.2) is 11.7 Å². The van der Waals surface area contributed by atoms with Crippen molar-refractivity contribution in [3.8, 4) is 5.75 Å². The molecule has 5 heteroatoms. The molecular weight excluding hydrogens is 261 g/mol. The number of hydrogen-bond donors (Lipinski definition) is 1. The zero-order valence-corrected chi connectivity index (χ0v) is 13.1. The third kappa shape index (κ3) is 2.96. The molecule has 1 aromatic carbocycles. The van der Waals surface area contributed by atoms with E-state index in [0.29, 0.717) is 12.6 Å². The molecule has 0 saturated heterocycles. The third-order valence-electron chi connectivity index (χ3n) is 3.06. The quantitative estimate of drug-likeness (QED) is 0.839. The molecule has 0 saturated carbocycles. The van der Waals surface area contributed by atoms with Gasteiger partial charge in [0.2, 0.25) is 0 Å². The van der Waals surface area contributed by atoms with E-state index in [1.54, 1.807) is 0 Å². The second-order valence-electron chi connectivity index (χ2n) is 5.58. The highest BCUT2D eigenvalue weighted by Gasteiger charge is 2.36. The Labute approximate surface area is 115 Å². The lowest BCUT2D eigenvalue weighted by Gasteiger charge is -2.30. The monoisotopic (exact) mass is 283 g/mol. The molecule has 1 unspecified atom stereocenters. The average Bonchev–Trinajstić information content (AvgIpc) is 2.29. The van der Waals surface area contributed by atoms with Crippen LogP contribution in [0.3, 0.4) is 0 Å². The van der Waals surface area contributed by atoms with Gasteiger partial charge >= 0.3 is 7.60 Å². The maximum absolute atomic E-state index is 12.5. The highest BCUT2D eigenvalue weighted by Crippen LogP contribution is 2.57. The van der Waals surface area contributed by atoms with Crippen LogP contribution in [0.15, 0.2) is 12.1 Å². The molecule has 0 bridgehead atoms. The van der Waals surface area contributed by atoms with Gasteiger partial charge in [-0.25, -0.2) is 4.57 Å². The van der Waals surface area contributed by atoms with Gasteiger partial charge in [-0.15, -0.1) is 0 Å². The first-order valence-electron chi connectivity index (χ1n) is 6.66. The zero-order valence-electron chi connectivity index (χ0n) is 12.2. The van der Waals surface area contributed by atoms with Crippen molar-refractivity contribution in [2.24, 2.45) is 0 Å². The Balaban J connectivity index is 2.35. The maximum atomic E-state index is 12.5. The number of anilines is 1. The van der Waals surface area contributed by atoms with E-state index in [1.165, 1.54) is 0 Å². The van der Waals surface area contributed by atoms with Crippen molar-refractivity contribution in [1.29, 1.82) is 0 Å². The van der Waals surface area contributed by atoms with E-state index in [-0.39, 0.29) is 5.66 Å². The summed E-state index contributed by atoms with van der Waals surface area (Å²) >= 11 is 0. The van der Waals surface area contributed by atoms with E-state index in [2.05, 4.69) is 19.2 Å². The normalized spacial score (nSPS) is 22.3. The van der Waals surface area contributed by atoms with Crippen molar-refractivity contribution in [3.63, 3.8) is 0 Å². The number of fused-ring (bicyclic) bond motifs is 1. The van der Waals surface area contributed by atoms with E-state index < -0.39 is 7.60 Å². The fourth-order valence-corrected chi connectivity index (χ4v) is 3.47. The van der Waals surface area contributed by atoms with Crippen LogP contribution in [0.25, 0.3) is 0 Å². The Bertz CT molecular complexity index is 526. The van der Waals surface area contributed by atoms with Gasteiger partial charge in [0.1, 0.15) is 5.75 Å². The highest BCUT2D eigenvalue weighted by molar-refractivity contribution is 7.55. The summed E-state index contributed by atoms with van der Waals surface area (Å²) in [7, 11) is -3.01. The van der Waals surface area contributed by atoms with Crippen LogP contribution in [0.2, 0.25) is 0 Å². The van der Waals surface area contributed by atoms with Crippen LogP contribution in [0.5, 0.6) is 5.75 Å². The minimum absolute atomic E-state index is 0.131. The Morgan fingerprint density at radius 1 is 1.26 bits per heavy atom. The molecule has 1 N–H and O–H groups in total. The van der Waals surface area contributed by atoms with E-state index >= 15 is 0 Å². The zero-order chi connectivity index (χ0) is 14.2. The Hall–Kier alpha value is -0.990. The fourth-order valence-electron chi connectivity index (χ4n) is 2.07. The Morgan fingerprint density at radius 2 is 1.95 bits per heavy atom. The summed E-state index contributed by atoms with van der Waals surface area (Å²) in [5, 5.41) is 3.36. The van der Waals surface area contributed by atoms with Gasteiger partial charge in [0.15, 0.2) is 0 Å². The lowest BCUT2D eigenvalue weighted by atomic mass is 10.1. The van der Waals surface area contributed by atoms with Crippen molar-refractivity contribution in [2.75, 3.05) is 5.32 Å². The molecule has 1 aromatic rings. The predicted octanol–water partition coefficient (Wildman–Crippen LogP) is 4.33. The summed E-state index contributed by atoms with van der Waals surface area (Å²) in [6.45, 7) is 10.2. The average molecular weight is 283 g/mol. The van der Waals surface area contributed by atoms with E-state index in [1.807, 2.05) is 32.9 Å². The number of nitrogens with one attached hydrogen (secondary N) is 1. The number of rotatable bonds is 3. The first kappa shape index (κ1) is 14.4. The lowest BCUT2D eigenvalue weighted by molar-refractivity contribution is 0.226. The smallest absolute Gasteiger partial charge is 0.382 e. The number of benzene rings is 1. The Kier molecular flexibility index (Phi) is 3.93. The van der Waals surface area contributed by atoms with E-state index in [0.717, 1.165) is 22.6 Å². The summed E-state index contributed by atoms with van der Waals surface area (Å²) in [5.74, 6) is 0.720. The molecule has 1 aliphatic rings. The van der Waals surface area contributed by atoms with E-state index in [9.17, 15) is 4.57 Å². The van der Waals surface area contributed by atoms with Gasteiger partial charge < -0.3 is 9.84 Å². The SMILES string of the molecule is Cc1cc(NC(C)C)cc2c1OP(=O)(C(C)C)OC2. The molecule has 19 heavy (non-hydrogen) atoms. The van der Waals surface area contributed by atoms with Gasteiger partial charge in [-0.3, -0.25) is 4.52 Å². The van der Waals surface area contributed by atoms with Crippen molar-refractivity contribution >= 4 is 13.3 Å². The molecule has 1 atom stereocenters. The maximum Gasteiger partial charge on any atom is 0.382 e. The molecule has 0 aliphatic carbocycles. The van der Waals surface area contributed by atoms with Crippen molar-refractivity contribution in [3.05, 3.63) is 23.3 Å². The minimum Gasteiger partial charge on any atom is -0.424 e. The molecule has 0 fully saturated rings. The largest absolute Gasteiger partial charge is 0.424 e. The lowest BCUT2D eigenvalue weighted by Crippen LogP contribution is -2.16. The molecule has 0 aromatic heterocycles. The first-order valence-corrected chi connectivity index (χ1v) is 8.27. The molecule has 4 nitrogen and oxygen atoms in total. The minimum atomic E-state index is -3.01. The molecule has 106 valence electrons. The van der Waals surface area contributed by atoms with Crippen LogP contribution >= 0.6 is 7.60 Å². The van der Waals surface area contributed by atoms with Crippen LogP contribution < -0.4 is 9.84 Å². The second kappa shape index (κ2) is 5.18. The first-order chi connectivity index (χ1) is 8.82. The fraction of sp³-hybridized carbons (Fsp3) is 0.571. The molecule has 1 aliphatic heterocycles. The summed E-state index contributed by atoms with van der Waals surface area (Å²) in [4.78, 5) is 0. The van der Waals surface area contributed by atoms with Gasteiger partial charge in [0, 0.05) is 17.3 Å². The van der Waals surface area contributed by atoms with Gasteiger partial charge in [-0.1, -0.05) is 13.8 Å². The highest BCUT2D eigenvalue weighted by atomic mass is 31.2. The molecule has 1 heterocycles. The van der Waals surface area contributed by atoms with Crippen LogP contribution in [0.4, 0.5) is 5.69 Å². The van der Waals surface area contributed by atoms with E-state index in [4.69, 9.17) is 9.05 Å².